The Kier molecular flexibility index (Phi) is 7.65. The van der Waals surface area contributed by atoms with E-state index in [1.807, 2.05) is 6.07 Å². The molecule has 0 heterocycles. The molecule has 11 nitrogen and oxygen atoms in total. The second-order valence-corrected chi connectivity index (χ2v) is 8.96. The third-order valence-corrected chi connectivity index (χ3v) is 6.11. The summed E-state index contributed by atoms with van der Waals surface area (Å²) in [4.78, 5) is 34.0. The molecule has 35 heavy (non-hydrogen) atoms. The van der Waals surface area contributed by atoms with E-state index in [-0.39, 0.29) is 21.2 Å². The van der Waals surface area contributed by atoms with Crippen LogP contribution in [0.5, 0.6) is 0 Å². The number of nitriles is 1. The molecule has 0 saturated heterocycles. The highest BCUT2D eigenvalue weighted by Gasteiger charge is 2.21. The van der Waals surface area contributed by atoms with Crippen LogP contribution < -0.4 is 10.0 Å². The van der Waals surface area contributed by atoms with Crippen LogP contribution in [0.4, 0.5) is 17.1 Å². The van der Waals surface area contributed by atoms with Crippen molar-refractivity contribution in [3.63, 3.8) is 0 Å². The Balaban J connectivity index is 1.60. The van der Waals surface area contributed by atoms with Crippen molar-refractivity contribution in [3.8, 4) is 6.07 Å². The summed E-state index contributed by atoms with van der Waals surface area (Å²) in [5, 5.41) is 22.2. The fourth-order valence-corrected chi connectivity index (χ4v) is 4.03. The third kappa shape index (κ3) is 6.53. The van der Waals surface area contributed by atoms with Gasteiger partial charge in [0.15, 0.2) is 6.61 Å². The Morgan fingerprint density at radius 1 is 1.06 bits per heavy atom. The lowest BCUT2D eigenvalue weighted by atomic mass is 10.2. The number of hydrogen-bond donors (Lipinski definition) is 2. The van der Waals surface area contributed by atoms with E-state index >= 15 is 0 Å². The maximum atomic E-state index is 12.5. The Labute approximate surface area is 204 Å². The van der Waals surface area contributed by atoms with Gasteiger partial charge >= 0.3 is 5.97 Å². The molecule has 3 rings (SSSR count). The molecular formula is C22H15ClN4O7S. The van der Waals surface area contributed by atoms with Crippen LogP contribution in [0.15, 0.2) is 71.6 Å². The Bertz CT molecular complexity index is 1450. The smallest absolute Gasteiger partial charge is 0.338 e. The zero-order chi connectivity index (χ0) is 25.6. The Hall–Kier alpha value is -4.47. The largest absolute Gasteiger partial charge is 0.452 e. The first kappa shape index (κ1) is 25.2. The second-order valence-electron chi connectivity index (χ2n) is 6.87. The van der Waals surface area contributed by atoms with Gasteiger partial charge in [0.2, 0.25) is 0 Å². The number of carbonyl (C=O) groups excluding carboxylic acids is 2. The lowest BCUT2D eigenvalue weighted by Crippen LogP contribution is -2.21. The molecule has 0 saturated carbocycles. The molecule has 0 spiro atoms. The molecule has 0 radical (unpaired) electrons. The van der Waals surface area contributed by atoms with Gasteiger partial charge in [0.05, 0.1) is 27.0 Å². The summed E-state index contributed by atoms with van der Waals surface area (Å²) in [6, 6.07) is 16.3. The van der Waals surface area contributed by atoms with Gasteiger partial charge in [-0.1, -0.05) is 17.7 Å². The molecular weight excluding hydrogens is 500 g/mol. The van der Waals surface area contributed by atoms with Gasteiger partial charge in [-0.05, 0) is 54.6 Å². The van der Waals surface area contributed by atoms with Crippen LogP contribution in [0.2, 0.25) is 5.02 Å². The SMILES string of the molecule is N#Cc1cccc(NC(=O)COC(=O)c2ccc(NS(=O)(=O)c3ccc(Cl)c([N+](=O)[O-])c3)cc2)c1. The van der Waals surface area contributed by atoms with Crippen molar-refractivity contribution < 1.29 is 27.7 Å². The minimum absolute atomic E-state index is 0.0503. The number of halogens is 1. The second kappa shape index (κ2) is 10.6. The molecule has 0 bridgehead atoms. The molecule has 0 aliphatic heterocycles. The number of nitro groups is 1. The van der Waals surface area contributed by atoms with Crippen molar-refractivity contribution in [1.29, 1.82) is 5.26 Å². The number of nitrogens with zero attached hydrogens (tertiary/aromatic N) is 2. The number of anilines is 2. The molecule has 0 aliphatic carbocycles. The van der Waals surface area contributed by atoms with Gasteiger partial charge in [-0.2, -0.15) is 5.26 Å². The van der Waals surface area contributed by atoms with E-state index in [0.29, 0.717) is 11.3 Å². The average Bonchev–Trinajstić information content (AvgIpc) is 2.82. The number of amides is 1. The van der Waals surface area contributed by atoms with Gasteiger partial charge in [-0.3, -0.25) is 19.6 Å². The first-order chi connectivity index (χ1) is 16.6. The van der Waals surface area contributed by atoms with E-state index in [9.17, 15) is 28.1 Å². The van der Waals surface area contributed by atoms with Gasteiger partial charge < -0.3 is 10.1 Å². The van der Waals surface area contributed by atoms with Crippen LogP contribution in [0.3, 0.4) is 0 Å². The van der Waals surface area contributed by atoms with Gasteiger partial charge in [0, 0.05) is 17.4 Å². The van der Waals surface area contributed by atoms with Crippen molar-refractivity contribution in [2.24, 2.45) is 0 Å². The topological polar surface area (TPSA) is 168 Å². The van der Waals surface area contributed by atoms with Crippen molar-refractivity contribution >= 4 is 50.6 Å². The predicted octanol–water partition coefficient (Wildman–Crippen LogP) is 3.72. The number of esters is 1. The number of carbonyl (C=O) groups is 2. The van der Waals surface area contributed by atoms with Crippen LogP contribution in [0.25, 0.3) is 0 Å². The van der Waals surface area contributed by atoms with Crippen LogP contribution in [-0.4, -0.2) is 31.8 Å². The van der Waals surface area contributed by atoms with Crippen LogP contribution >= 0.6 is 11.6 Å². The van der Waals surface area contributed by atoms with Crippen molar-refractivity contribution in [1.82, 2.24) is 0 Å². The molecule has 3 aromatic rings. The number of nitro benzene ring substituents is 1. The lowest BCUT2D eigenvalue weighted by Gasteiger charge is -2.10. The highest BCUT2D eigenvalue weighted by Crippen LogP contribution is 2.28. The molecule has 0 fully saturated rings. The highest BCUT2D eigenvalue weighted by molar-refractivity contribution is 7.92. The first-order valence-electron chi connectivity index (χ1n) is 9.63. The maximum Gasteiger partial charge on any atom is 0.338 e. The minimum Gasteiger partial charge on any atom is -0.452 e. The van der Waals surface area contributed by atoms with Gasteiger partial charge in [0.1, 0.15) is 5.02 Å². The number of ether oxygens (including phenoxy) is 1. The van der Waals surface area contributed by atoms with Gasteiger partial charge in [-0.25, -0.2) is 13.2 Å². The zero-order valence-corrected chi connectivity index (χ0v) is 19.2. The summed E-state index contributed by atoms with van der Waals surface area (Å²) in [6.07, 6.45) is 0. The normalized spacial score (nSPS) is 10.6. The molecule has 178 valence electrons. The summed E-state index contributed by atoms with van der Waals surface area (Å²) in [7, 11) is -4.18. The predicted molar refractivity (Wildman–Crippen MR) is 125 cm³/mol. The number of hydrogen-bond acceptors (Lipinski definition) is 8. The van der Waals surface area contributed by atoms with E-state index in [2.05, 4.69) is 10.0 Å². The van der Waals surface area contributed by atoms with Crippen LogP contribution in [0, 0.1) is 21.4 Å². The summed E-state index contributed by atoms with van der Waals surface area (Å²) in [6.45, 7) is -0.584. The number of benzene rings is 3. The van der Waals surface area contributed by atoms with Gasteiger partial charge in [0.25, 0.3) is 21.6 Å². The van der Waals surface area contributed by atoms with E-state index in [1.54, 1.807) is 18.2 Å². The number of rotatable bonds is 8. The molecule has 0 atom stereocenters. The average molecular weight is 515 g/mol. The standard InChI is InChI=1S/C22H15ClN4O7S/c23-19-9-8-18(11-20(19)27(30)31)35(32,33)26-16-6-4-15(5-7-16)22(29)34-13-21(28)25-17-3-1-2-14(10-17)12-24/h1-11,26H,13H2,(H,25,28). The molecule has 1 amide bonds. The van der Waals surface area contributed by atoms with E-state index in [0.717, 1.165) is 18.2 Å². The zero-order valence-electron chi connectivity index (χ0n) is 17.6. The van der Waals surface area contributed by atoms with E-state index in [1.165, 1.54) is 30.3 Å². The van der Waals surface area contributed by atoms with Crippen molar-refractivity contribution in [2.45, 2.75) is 4.90 Å². The van der Waals surface area contributed by atoms with Crippen LogP contribution in [-0.2, 0) is 19.6 Å². The van der Waals surface area contributed by atoms with Crippen LogP contribution in [0.1, 0.15) is 15.9 Å². The third-order valence-electron chi connectivity index (χ3n) is 4.41. The van der Waals surface area contributed by atoms with E-state index in [4.69, 9.17) is 21.6 Å². The number of sulfonamides is 1. The maximum absolute atomic E-state index is 12.5. The molecule has 0 aromatic heterocycles. The van der Waals surface area contributed by atoms with Crippen molar-refractivity contribution in [2.75, 3.05) is 16.6 Å². The summed E-state index contributed by atoms with van der Waals surface area (Å²) < 4.78 is 32.3. The summed E-state index contributed by atoms with van der Waals surface area (Å²) in [5.74, 6) is -1.44. The Morgan fingerprint density at radius 2 is 1.77 bits per heavy atom. The highest BCUT2D eigenvalue weighted by atomic mass is 35.5. The quantitative estimate of drug-likeness (QED) is 0.260. The molecule has 0 aliphatic rings. The number of nitrogens with one attached hydrogen (secondary N) is 2. The molecule has 0 unspecified atom stereocenters. The first-order valence-corrected chi connectivity index (χ1v) is 11.5. The summed E-state index contributed by atoms with van der Waals surface area (Å²) >= 11 is 5.71. The molecule has 3 aromatic carbocycles. The minimum atomic E-state index is -4.18. The van der Waals surface area contributed by atoms with Crippen molar-refractivity contribution in [3.05, 3.63) is 93.0 Å². The summed E-state index contributed by atoms with van der Waals surface area (Å²) in [5.41, 5.74) is 0.288. The molecule has 13 heteroatoms. The lowest BCUT2D eigenvalue weighted by molar-refractivity contribution is -0.384. The fourth-order valence-electron chi connectivity index (χ4n) is 2.77. The fraction of sp³-hybridized carbons (Fsp3) is 0.0455. The molecule has 2 N–H and O–H groups in total. The monoisotopic (exact) mass is 514 g/mol. The van der Waals surface area contributed by atoms with E-state index < -0.39 is 39.1 Å². The van der Waals surface area contributed by atoms with Gasteiger partial charge in [-0.15, -0.1) is 0 Å². The Morgan fingerprint density at radius 3 is 2.43 bits per heavy atom.